The largest absolute Gasteiger partial charge is 0.495 e. The highest BCUT2D eigenvalue weighted by molar-refractivity contribution is 7.92. The first kappa shape index (κ1) is 22.6. The number of ether oxygens (including phenoxy) is 1. The van der Waals surface area contributed by atoms with E-state index in [2.05, 4.69) is 10.3 Å². The van der Waals surface area contributed by atoms with Crippen molar-refractivity contribution in [3.05, 3.63) is 71.8 Å². The summed E-state index contributed by atoms with van der Waals surface area (Å²) < 4.78 is 33.3. The molecule has 1 N–H and O–H groups in total. The lowest BCUT2D eigenvalue weighted by Crippen LogP contribution is -2.47. The summed E-state index contributed by atoms with van der Waals surface area (Å²) in [7, 11) is -2.40. The van der Waals surface area contributed by atoms with Gasteiger partial charge in [-0.05, 0) is 36.8 Å². The number of anilines is 1. The summed E-state index contributed by atoms with van der Waals surface area (Å²) in [5.41, 5.74) is 1.91. The molecule has 0 unspecified atom stereocenters. The number of hydrogen-bond donors (Lipinski definition) is 1. The minimum Gasteiger partial charge on any atom is -0.495 e. The molecule has 164 valence electrons. The summed E-state index contributed by atoms with van der Waals surface area (Å²) in [5.74, 6) is -0.173. The number of amides is 1. The fourth-order valence-electron chi connectivity index (χ4n) is 3.26. The standard InChI is InChI=1S/C21H23ClN4O4S/c1-15(26(31(3,28)29)19-12-17(22)8-9-20(19)30-2)21(27)24-13-16-6-4-5-7-18(16)25-11-10-23-14-25/h4-12,14-15H,13H2,1-3H3,(H,24,27)/t15-/m0/s1. The third kappa shape index (κ3) is 5.18. The van der Waals surface area contributed by atoms with E-state index in [1.165, 1.54) is 20.1 Å². The number of halogens is 1. The lowest BCUT2D eigenvalue weighted by molar-refractivity contribution is -0.122. The van der Waals surface area contributed by atoms with Crippen LogP contribution in [0.1, 0.15) is 12.5 Å². The van der Waals surface area contributed by atoms with Gasteiger partial charge in [0, 0.05) is 24.0 Å². The molecule has 0 radical (unpaired) electrons. The van der Waals surface area contributed by atoms with Gasteiger partial charge in [-0.2, -0.15) is 0 Å². The molecule has 0 spiro atoms. The van der Waals surface area contributed by atoms with Crippen LogP contribution >= 0.6 is 11.6 Å². The molecule has 0 fully saturated rings. The minimum absolute atomic E-state index is 0.193. The molecule has 2 aromatic carbocycles. The summed E-state index contributed by atoms with van der Waals surface area (Å²) in [4.78, 5) is 17.0. The molecule has 0 bridgehead atoms. The maximum atomic E-state index is 12.9. The Morgan fingerprint density at radius 3 is 2.68 bits per heavy atom. The average molecular weight is 463 g/mol. The van der Waals surface area contributed by atoms with Crippen molar-refractivity contribution in [3.63, 3.8) is 0 Å². The molecular weight excluding hydrogens is 440 g/mol. The summed E-state index contributed by atoms with van der Waals surface area (Å²) >= 11 is 6.07. The molecule has 3 rings (SSSR count). The summed E-state index contributed by atoms with van der Waals surface area (Å²) in [5, 5.41) is 3.15. The zero-order valence-electron chi connectivity index (χ0n) is 17.3. The lowest BCUT2D eigenvalue weighted by Gasteiger charge is -2.29. The highest BCUT2D eigenvalue weighted by Gasteiger charge is 2.31. The van der Waals surface area contributed by atoms with Crippen LogP contribution in [0.5, 0.6) is 5.75 Å². The third-order valence-corrected chi connectivity index (χ3v) is 6.16. The summed E-state index contributed by atoms with van der Waals surface area (Å²) in [6, 6.07) is 11.1. The number of hydrogen-bond acceptors (Lipinski definition) is 5. The van der Waals surface area contributed by atoms with Crippen molar-refractivity contribution >= 4 is 33.2 Å². The first-order valence-electron chi connectivity index (χ1n) is 9.39. The number of rotatable bonds is 8. The summed E-state index contributed by atoms with van der Waals surface area (Å²) in [6.07, 6.45) is 6.17. The maximum absolute atomic E-state index is 12.9. The van der Waals surface area contributed by atoms with Crippen molar-refractivity contribution in [3.8, 4) is 11.4 Å². The zero-order chi connectivity index (χ0) is 22.6. The first-order chi connectivity index (χ1) is 14.7. The molecule has 31 heavy (non-hydrogen) atoms. The fraction of sp³-hybridized carbons (Fsp3) is 0.238. The molecule has 1 aromatic heterocycles. The van der Waals surface area contributed by atoms with Crippen molar-refractivity contribution in [1.29, 1.82) is 0 Å². The van der Waals surface area contributed by atoms with Crippen molar-refractivity contribution in [2.45, 2.75) is 19.5 Å². The molecule has 0 aliphatic heterocycles. The van der Waals surface area contributed by atoms with E-state index in [9.17, 15) is 13.2 Å². The molecule has 0 saturated heterocycles. The number of methoxy groups -OCH3 is 1. The zero-order valence-corrected chi connectivity index (χ0v) is 18.9. The van der Waals surface area contributed by atoms with E-state index < -0.39 is 22.0 Å². The van der Waals surface area contributed by atoms with E-state index in [0.717, 1.165) is 21.8 Å². The van der Waals surface area contributed by atoms with Gasteiger partial charge in [0.15, 0.2) is 0 Å². The summed E-state index contributed by atoms with van der Waals surface area (Å²) in [6.45, 7) is 1.72. The Kier molecular flexibility index (Phi) is 6.87. The highest BCUT2D eigenvalue weighted by atomic mass is 35.5. The van der Waals surface area contributed by atoms with Gasteiger partial charge in [-0.15, -0.1) is 0 Å². The van der Waals surface area contributed by atoms with Crippen molar-refractivity contribution in [1.82, 2.24) is 14.9 Å². The van der Waals surface area contributed by atoms with Gasteiger partial charge in [0.25, 0.3) is 0 Å². The second-order valence-electron chi connectivity index (χ2n) is 6.87. The predicted octanol–water partition coefficient (Wildman–Crippen LogP) is 3.01. The molecule has 1 amide bonds. The predicted molar refractivity (Wildman–Crippen MR) is 120 cm³/mol. The van der Waals surface area contributed by atoms with Gasteiger partial charge < -0.3 is 14.6 Å². The second-order valence-corrected chi connectivity index (χ2v) is 9.16. The van der Waals surface area contributed by atoms with Crippen molar-refractivity contribution < 1.29 is 17.9 Å². The van der Waals surface area contributed by atoms with Gasteiger partial charge in [0.05, 0.1) is 31.1 Å². The molecule has 8 nitrogen and oxygen atoms in total. The fourth-order valence-corrected chi connectivity index (χ4v) is 4.60. The number of aromatic nitrogens is 2. The third-order valence-electron chi connectivity index (χ3n) is 4.69. The van der Waals surface area contributed by atoms with Crippen LogP contribution in [0.3, 0.4) is 0 Å². The monoisotopic (exact) mass is 462 g/mol. The number of para-hydroxylation sites is 1. The number of carbonyl (C=O) groups is 1. The van der Waals surface area contributed by atoms with Crippen molar-refractivity contribution in [2.75, 3.05) is 17.7 Å². The van der Waals surface area contributed by atoms with Gasteiger partial charge in [-0.3, -0.25) is 9.10 Å². The molecular formula is C21H23ClN4O4S. The Bertz CT molecular complexity index is 1170. The van der Waals surface area contributed by atoms with E-state index in [1.807, 2.05) is 28.8 Å². The molecule has 0 saturated carbocycles. The van der Waals surface area contributed by atoms with Crippen LogP contribution in [0, 0.1) is 0 Å². The molecule has 1 atom stereocenters. The van der Waals surface area contributed by atoms with E-state index in [-0.39, 0.29) is 12.2 Å². The van der Waals surface area contributed by atoms with Crippen molar-refractivity contribution in [2.24, 2.45) is 0 Å². The SMILES string of the molecule is COc1ccc(Cl)cc1N([C@@H](C)C(=O)NCc1ccccc1-n1ccnc1)S(C)(=O)=O. The van der Waals surface area contributed by atoms with Crippen LogP contribution in [0.15, 0.2) is 61.2 Å². The van der Waals surface area contributed by atoms with Crippen LogP contribution in [0.2, 0.25) is 5.02 Å². The Morgan fingerprint density at radius 1 is 1.29 bits per heavy atom. The van der Waals surface area contributed by atoms with Crippen LogP contribution in [0.4, 0.5) is 5.69 Å². The first-order valence-corrected chi connectivity index (χ1v) is 11.6. The van der Waals surface area contributed by atoms with Crippen LogP contribution in [-0.4, -0.2) is 43.3 Å². The number of imidazole rings is 1. The van der Waals surface area contributed by atoms with Gasteiger partial charge in [-0.25, -0.2) is 13.4 Å². The quantitative estimate of drug-likeness (QED) is 0.555. The van der Waals surface area contributed by atoms with Gasteiger partial charge in [-0.1, -0.05) is 29.8 Å². The van der Waals surface area contributed by atoms with E-state index >= 15 is 0 Å². The molecule has 0 aliphatic carbocycles. The minimum atomic E-state index is -3.82. The maximum Gasteiger partial charge on any atom is 0.243 e. The second kappa shape index (κ2) is 9.40. The Hall–Kier alpha value is -3.04. The molecule has 10 heteroatoms. The molecule has 3 aromatic rings. The highest BCUT2D eigenvalue weighted by Crippen LogP contribution is 2.34. The Morgan fingerprint density at radius 2 is 2.03 bits per heavy atom. The van der Waals surface area contributed by atoms with Crippen LogP contribution in [-0.2, 0) is 21.4 Å². The molecule has 1 heterocycles. The van der Waals surface area contributed by atoms with Gasteiger partial charge in [0.1, 0.15) is 11.8 Å². The number of sulfonamides is 1. The van der Waals surface area contributed by atoms with E-state index in [1.54, 1.807) is 30.9 Å². The van der Waals surface area contributed by atoms with E-state index in [0.29, 0.717) is 10.8 Å². The Labute approximate surface area is 186 Å². The molecule has 0 aliphatic rings. The van der Waals surface area contributed by atoms with Gasteiger partial charge in [0.2, 0.25) is 15.9 Å². The average Bonchev–Trinajstić information content (AvgIpc) is 3.26. The lowest BCUT2D eigenvalue weighted by atomic mass is 10.1. The van der Waals surface area contributed by atoms with Crippen LogP contribution < -0.4 is 14.4 Å². The number of nitrogens with zero attached hydrogens (tertiary/aromatic N) is 3. The van der Waals surface area contributed by atoms with Crippen LogP contribution in [0.25, 0.3) is 5.69 Å². The smallest absolute Gasteiger partial charge is 0.243 e. The Balaban J connectivity index is 1.85. The number of nitrogens with one attached hydrogen (secondary N) is 1. The number of benzene rings is 2. The number of carbonyl (C=O) groups excluding carboxylic acids is 1. The topological polar surface area (TPSA) is 93.5 Å². The van der Waals surface area contributed by atoms with E-state index in [4.69, 9.17) is 16.3 Å². The normalized spacial score (nSPS) is 12.3. The van der Waals surface area contributed by atoms with Gasteiger partial charge >= 0.3 is 0 Å².